The van der Waals surface area contributed by atoms with Crippen LogP contribution in [0.25, 0.3) is 0 Å². The summed E-state index contributed by atoms with van der Waals surface area (Å²) in [6.45, 7) is 0.807. The van der Waals surface area contributed by atoms with Crippen molar-refractivity contribution in [3.05, 3.63) is 0 Å². The molecule has 0 amide bonds. The fourth-order valence-electron chi connectivity index (χ4n) is 1.13. The van der Waals surface area contributed by atoms with Gasteiger partial charge in [-0.1, -0.05) is 0 Å². The molecule has 0 aromatic rings. The average molecular weight is 145 g/mol. The summed E-state index contributed by atoms with van der Waals surface area (Å²) in [5.74, 6) is -0.903. The van der Waals surface area contributed by atoms with Crippen molar-refractivity contribution in [2.24, 2.45) is 5.41 Å². The van der Waals surface area contributed by atoms with Crippen molar-refractivity contribution in [1.29, 1.82) is 0 Å². The third-order valence-corrected chi connectivity index (χ3v) is 2.00. The number of rotatable bonds is 2. The van der Waals surface area contributed by atoms with E-state index < -0.39 is 11.4 Å². The minimum absolute atomic E-state index is 0.269. The Hall–Kier alpha value is -0.610. The van der Waals surface area contributed by atoms with Crippen LogP contribution in [0.1, 0.15) is 6.42 Å². The molecule has 0 saturated carbocycles. The molecule has 0 aliphatic carbocycles. The molecule has 1 aliphatic rings. The molecule has 4 nitrogen and oxygen atoms in total. The zero-order valence-electron chi connectivity index (χ0n) is 5.63. The number of aliphatic hydroxyl groups excluding tert-OH is 1. The first-order valence-corrected chi connectivity index (χ1v) is 3.26. The van der Waals surface area contributed by atoms with Gasteiger partial charge < -0.3 is 15.5 Å². The van der Waals surface area contributed by atoms with Gasteiger partial charge in [0.2, 0.25) is 0 Å². The van der Waals surface area contributed by atoms with Crippen LogP contribution in [0.5, 0.6) is 0 Å². The molecule has 4 heteroatoms. The number of aliphatic hydroxyl groups is 1. The molecule has 1 aliphatic heterocycles. The van der Waals surface area contributed by atoms with E-state index in [0.29, 0.717) is 19.5 Å². The van der Waals surface area contributed by atoms with E-state index in [2.05, 4.69) is 5.32 Å². The van der Waals surface area contributed by atoms with Crippen LogP contribution in [0.15, 0.2) is 0 Å². The molecule has 0 spiro atoms. The van der Waals surface area contributed by atoms with Crippen LogP contribution in [-0.4, -0.2) is 35.9 Å². The maximum absolute atomic E-state index is 10.6. The Bertz CT molecular complexity index is 140. The second-order valence-corrected chi connectivity index (χ2v) is 2.67. The Labute approximate surface area is 58.9 Å². The number of hydrogen-bond acceptors (Lipinski definition) is 3. The van der Waals surface area contributed by atoms with Crippen molar-refractivity contribution in [1.82, 2.24) is 5.32 Å². The van der Waals surface area contributed by atoms with Gasteiger partial charge in [-0.3, -0.25) is 4.79 Å². The molecule has 1 fully saturated rings. The minimum atomic E-state index is -0.903. The number of nitrogens with one attached hydrogen (secondary N) is 1. The van der Waals surface area contributed by atoms with Crippen LogP contribution in [0.2, 0.25) is 0 Å². The Morgan fingerprint density at radius 3 is 2.60 bits per heavy atom. The second kappa shape index (κ2) is 2.56. The van der Waals surface area contributed by atoms with Gasteiger partial charge in [-0.2, -0.15) is 0 Å². The van der Waals surface area contributed by atoms with Crippen molar-refractivity contribution in [2.75, 3.05) is 19.7 Å². The maximum atomic E-state index is 10.6. The lowest BCUT2D eigenvalue weighted by atomic mass is 9.89. The summed E-state index contributed by atoms with van der Waals surface area (Å²) in [5.41, 5.74) is -0.903. The zero-order valence-corrected chi connectivity index (χ0v) is 5.63. The van der Waals surface area contributed by atoms with Crippen molar-refractivity contribution in [3.8, 4) is 0 Å². The van der Waals surface area contributed by atoms with E-state index in [9.17, 15) is 4.79 Å². The fraction of sp³-hybridized carbons (Fsp3) is 0.833. The maximum Gasteiger partial charge on any atom is 0.313 e. The summed E-state index contributed by atoms with van der Waals surface area (Å²) in [7, 11) is 0. The molecule has 1 atom stereocenters. The summed E-state index contributed by atoms with van der Waals surface area (Å²) in [4.78, 5) is 10.6. The highest BCUT2D eigenvalue weighted by Gasteiger charge is 2.40. The standard InChI is InChI=1S/C6H11NO3/c8-4-6(5(9)10)1-2-7-3-6/h7-8H,1-4H2,(H,9,10). The van der Waals surface area contributed by atoms with Gasteiger partial charge in [-0.15, -0.1) is 0 Å². The highest BCUT2D eigenvalue weighted by molar-refractivity contribution is 5.75. The first-order valence-electron chi connectivity index (χ1n) is 3.26. The molecular weight excluding hydrogens is 134 g/mol. The van der Waals surface area contributed by atoms with Crippen LogP contribution in [0.4, 0.5) is 0 Å². The van der Waals surface area contributed by atoms with E-state index in [-0.39, 0.29) is 6.61 Å². The Balaban J connectivity index is 2.67. The molecule has 1 saturated heterocycles. The van der Waals surface area contributed by atoms with Gasteiger partial charge in [0, 0.05) is 6.54 Å². The molecule has 10 heavy (non-hydrogen) atoms. The normalized spacial score (nSPS) is 32.5. The monoisotopic (exact) mass is 145 g/mol. The Morgan fingerprint density at radius 1 is 1.70 bits per heavy atom. The predicted molar refractivity (Wildman–Crippen MR) is 34.6 cm³/mol. The van der Waals surface area contributed by atoms with Crippen LogP contribution in [0.3, 0.4) is 0 Å². The quantitative estimate of drug-likeness (QED) is 0.468. The number of carboxylic acid groups (broad SMARTS) is 1. The van der Waals surface area contributed by atoms with Crippen molar-refractivity contribution < 1.29 is 15.0 Å². The van der Waals surface area contributed by atoms with Gasteiger partial charge >= 0.3 is 5.97 Å². The molecule has 0 aromatic heterocycles. The van der Waals surface area contributed by atoms with E-state index in [4.69, 9.17) is 10.2 Å². The van der Waals surface area contributed by atoms with Gasteiger partial charge in [-0.25, -0.2) is 0 Å². The van der Waals surface area contributed by atoms with Gasteiger partial charge in [0.05, 0.1) is 6.61 Å². The summed E-state index contributed by atoms with van der Waals surface area (Å²) in [6, 6.07) is 0. The Morgan fingerprint density at radius 2 is 2.40 bits per heavy atom. The van der Waals surface area contributed by atoms with Crippen molar-refractivity contribution in [3.63, 3.8) is 0 Å². The minimum Gasteiger partial charge on any atom is -0.481 e. The third kappa shape index (κ3) is 0.998. The van der Waals surface area contributed by atoms with Crippen molar-refractivity contribution >= 4 is 5.97 Å². The van der Waals surface area contributed by atoms with Gasteiger partial charge in [0.1, 0.15) is 5.41 Å². The first-order chi connectivity index (χ1) is 4.71. The SMILES string of the molecule is O=C(O)C1(CO)CCNC1. The lowest BCUT2D eigenvalue weighted by molar-refractivity contribution is -0.150. The molecule has 3 N–H and O–H groups in total. The van der Waals surface area contributed by atoms with E-state index >= 15 is 0 Å². The lowest BCUT2D eigenvalue weighted by Gasteiger charge is -2.18. The zero-order chi connectivity index (χ0) is 7.61. The predicted octanol–water partition coefficient (Wildman–Crippen LogP) is -0.957. The largest absolute Gasteiger partial charge is 0.481 e. The molecule has 1 rings (SSSR count). The summed E-state index contributed by atoms with van der Waals surface area (Å²) >= 11 is 0. The average Bonchev–Trinajstić information content (AvgIpc) is 2.35. The molecular formula is C6H11NO3. The molecule has 0 radical (unpaired) electrons. The summed E-state index contributed by atoms with van der Waals surface area (Å²) in [5, 5.41) is 20.3. The number of hydrogen-bond donors (Lipinski definition) is 3. The van der Waals surface area contributed by atoms with E-state index in [1.165, 1.54) is 0 Å². The third-order valence-electron chi connectivity index (χ3n) is 2.00. The van der Waals surface area contributed by atoms with Crippen molar-refractivity contribution in [2.45, 2.75) is 6.42 Å². The molecule has 0 aromatic carbocycles. The topological polar surface area (TPSA) is 69.6 Å². The van der Waals surface area contributed by atoms with Crippen LogP contribution >= 0.6 is 0 Å². The molecule has 58 valence electrons. The van der Waals surface area contributed by atoms with Gasteiger partial charge in [0.15, 0.2) is 0 Å². The fourth-order valence-corrected chi connectivity index (χ4v) is 1.13. The van der Waals surface area contributed by atoms with E-state index in [1.807, 2.05) is 0 Å². The molecule has 0 bridgehead atoms. The van der Waals surface area contributed by atoms with Gasteiger partial charge in [0.25, 0.3) is 0 Å². The van der Waals surface area contributed by atoms with Crippen LogP contribution in [-0.2, 0) is 4.79 Å². The summed E-state index contributed by atoms with van der Waals surface area (Å²) < 4.78 is 0. The number of carboxylic acids is 1. The highest BCUT2D eigenvalue weighted by atomic mass is 16.4. The van der Waals surface area contributed by atoms with Gasteiger partial charge in [-0.05, 0) is 13.0 Å². The molecule has 1 unspecified atom stereocenters. The first kappa shape index (κ1) is 7.50. The van der Waals surface area contributed by atoms with E-state index in [0.717, 1.165) is 0 Å². The number of aliphatic carboxylic acids is 1. The van der Waals surface area contributed by atoms with Crippen LogP contribution < -0.4 is 5.32 Å². The lowest BCUT2D eigenvalue weighted by Crippen LogP contribution is -2.36. The van der Waals surface area contributed by atoms with E-state index in [1.54, 1.807) is 0 Å². The number of carbonyl (C=O) groups is 1. The summed E-state index contributed by atoms with van der Waals surface area (Å²) in [6.07, 6.45) is 0.527. The highest BCUT2D eigenvalue weighted by Crippen LogP contribution is 2.24. The van der Waals surface area contributed by atoms with Crippen LogP contribution in [0, 0.1) is 5.41 Å². The second-order valence-electron chi connectivity index (χ2n) is 2.67. The Kier molecular flexibility index (Phi) is 1.92. The molecule has 1 heterocycles. The smallest absolute Gasteiger partial charge is 0.313 e.